The number of halogens is 5. The number of hydrogen-bond acceptors (Lipinski definition) is 6. The van der Waals surface area contributed by atoms with Gasteiger partial charge in [-0.3, -0.25) is 4.79 Å². The molecule has 13 heteroatoms. The summed E-state index contributed by atoms with van der Waals surface area (Å²) in [5.41, 5.74) is -1.29. The third kappa shape index (κ3) is 3.64. The van der Waals surface area contributed by atoms with Crippen LogP contribution < -0.4 is 5.32 Å². The number of anilines is 1. The van der Waals surface area contributed by atoms with E-state index in [0.29, 0.717) is 31.5 Å². The van der Waals surface area contributed by atoms with Crippen molar-refractivity contribution >= 4 is 11.7 Å². The summed E-state index contributed by atoms with van der Waals surface area (Å²) in [5.74, 6) is -2.65. The molecule has 0 spiro atoms. The zero-order chi connectivity index (χ0) is 24.2. The van der Waals surface area contributed by atoms with Gasteiger partial charge < -0.3 is 10.2 Å². The van der Waals surface area contributed by atoms with Crippen molar-refractivity contribution in [2.24, 2.45) is 0 Å². The van der Waals surface area contributed by atoms with E-state index in [1.807, 2.05) is 0 Å². The molecule has 1 amide bonds. The summed E-state index contributed by atoms with van der Waals surface area (Å²) in [4.78, 5) is 23.8. The molecule has 0 aliphatic carbocycles. The number of aryl methyl sites for hydroxylation is 1. The van der Waals surface area contributed by atoms with Crippen molar-refractivity contribution in [3.8, 4) is 5.69 Å². The zero-order valence-electron chi connectivity index (χ0n) is 17.7. The first kappa shape index (κ1) is 22.2. The van der Waals surface area contributed by atoms with E-state index in [1.54, 1.807) is 4.90 Å². The molecule has 1 N–H and O–H groups in total. The molecule has 34 heavy (non-hydrogen) atoms. The maximum Gasteiger partial charge on any atom is 0.417 e. The smallest absolute Gasteiger partial charge is 0.363 e. The maximum atomic E-state index is 15.0. The number of rotatable bonds is 4. The fourth-order valence-electron chi connectivity index (χ4n) is 4.70. The summed E-state index contributed by atoms with van der Waals surface area (Å²) in [6.07, 6.45) is 1.50. The predicted molar refractivity (Wildman–Crippen MR) is 108 cm³/mol. The Morgan fingerprint density at radius 3 is 2.53 bits per heavy atom. The molecule has 3 aromatic heterocycles. The van der Waals surface area contributed by atoms with Crippen LogP contribution in [0.4, 0.5) is 27.8 Å². The minimum atomic E-state index is -4.71. The van der Waals surface area contributed by atoms with Gasteiger partial charge in [0.1, 0.15) is 0 Å². The lowest BCUT2D eigenvalue weighted by Crippen LogP contribution is -2.41. The van der Waals surface area contributed by atoms with Crippen LogP contribution in [0, 0.1) is 18.6 Å². The lowest BCUT2D eigenvalue weighted by molar-refractivity contribution is -0.138. The second kappa shape index (κ2) is 7.99. The van der Waals surface area contributed by atoms with E-state index < -0.39 is 41.4 Å². The first-order chi connectivity index (χ1) is 16.1. The number of pyridine rings is 2. The highest BCUT2D eigenvalue weighted by atomic mass is 19.4. The fraction of sp³-hybridized carbons (Fsp3) is 0.381. The van der Waals surface area contributed by atoms with Gasteiger partial charge in [0.2, 0.25) is 0 Å². The molecular weight excluding hydrogens is 461 g/mol. The van der Waals surface area contributed by atoms with Crippen LogP contribution in [0.2, 0.25) is 0 Å². The van der Waals surface area contributed by atoms with E-state index in [9.17, 15) is 26.7 Å². The number of fused-ring (bicyclic) bond motifs is 2. The van der Waals surface area contributed by atoms with Crippen LogP contribution in [0.5, 0.6) is 0 Å². The summed E-state index contributed by atoms with van der Waals surface area (Å²) in [5, 5.41) is 10.7. The SMILES string of the molecule is Cc1cnc(C(=O)N2C3CCC2C(Nc2ncc(C(F)(F)F)cc2F)C3)c(-n2nccn2)c1F. The molecule has 0 aromatic carbocycles. The fourth-order valence-corrected chi connectivity index (χ4v) is 4.70. The number of alkyl halides is 3. The quantitative estimate of drug-likeness (QED) is 0.577. The highest BCUT2D eigenvalue weighted by Crippen LogP contribution is 2.41. The van der Waals surface area contributed by atoms with Crippen LogP contribution in [0.1, 0.15) is 40.9 Å². The van der Waals surface area contributed by atoms with E-state index in [4.69, 9.17) is 0 Å². The summed E-state index contributed by atoms with van der Waals surface area (Å²) in [6.45, 7) is 1.51. The summed E-state index contributed by atoms with van der Waals surface area (Å²) in [7, 11) is 0. The Morgan fingerprint density at radius 1 is 1.12 bits per heavy atom. The number of amides is 1. The van der Waals surface area contributed by atoms with E-state index in [-0.39, 0.29) is 28.8 Å². The van der Waals surface area contributed by atoms with Gasteiger partial charge in [-0.15, -0.1) is 4.80 Å². The molecule has 0 saturated carbocycles. The average Bonchev–Trinajstić information content (AvgIpc) is 3.52. The van der Waals surface area contributed by atoms with Crippen LogP contribution in [0.15, 0.2) is 30.9 Å². The van der Waals surface area contributed by atoms with Crippen molar-refractivity contribution in [1.29, 1.82) is 0 Å². The summed E-state index contributed by atoms with van der Waals surface area (Å²) < 4.78 is 67.7. The molecule has 5 rings (SSSR count). The number of hydrogen-bond donors (Lipinski definition) is 1. The van der Waals surface area contributed by atoms with E-state index in [1.165, 1.54) is 25.5 Å². The molecule has 3 unspecified atom stereocenters. The van der Waals surface area contributed by atoms with Crippen LogP contribution in [-0.2, 0) is 6.18 Å². The van der Waals surface area contributed by atoms with Crippen molar-refractivity contribution in [2.75, 3.05) is 5.32 Å². The molecule has 178 valence electrons. The van der Waals surface area contributed by atoms with E-state index in [2.05, 4.69) is 25.5 Å². The molecule has 2 bridgehead atoms. The first-order valence-corrected chi connectivity index (χ1v) is 10.5. The highest BCUT2D eigenvalue weighted by molar-refractivity contribution is 5.96. The van der Waals surface area contributed by atoms with Gasteiger partial charge in [-0.1, -0.05) is 0 Å². The Bertz CT molecular complexity index is 1250. The molecule has 2 fully saturated rings. The second-order valence-corrected chi connectivity index (χ2v) is 8.32. The lowest BCUT2D eigenvalue weighted by Gasteiger charge is -2.26. The number of nitrogens with zero attached hydrogens (tertiary/aromatic N) is 6. The van der Waals surface area contributed by atoms with Gasteiger partial charge in [0.05, 0.1) is 30.0 Å². The van der Waals surface area contributed by atoms with Crippen LogP contribution >= 0.6 is 0 Å². The molecule has 2 saturated heterocycles. The van der Waals surface area contributed by atoms with Crippen molar-refractivity contribution in [2.45, 2.75) is 50.5 Å². The Labute approximate surface area is 189 Å². The number of carbonyl (C=O) groups excluding carboxylic acids is 1. The topological polar surface area (TPSA) is 88.8 Å². The van der Waals surface area contributed by atoms with Gasteiger partial charge in [0.15, 0.2) is 28.8 Å². The van der Waals surface area contributed by atoms with Crippen molar-refractivity contribution in [1.82, 2.24) is 29.9 Å². The molecule has 8 nitrogen and oxygen atoms in total. The summed E-state index contributed by atoms with van der Waals surface area (Å²) >= 11 is 0. The first-order valence-electron chi connectivity index (χ1n) is 10.5. The third-order valence-corrected chi connectivity index (χ3v) is 6.25. The molecule has 2 aliphatic heterocycles. The zero-order valence-corrected chi connectivity index (χ0v) is 17.7. The van der Waals surface area contributed by atoms with Gasteiger partial charge in [-0.2, -0.15) is 23.4 Å². The molecular formula is C21H18F5N7O. The van der Waals surface area contributed by atoms with Crippen LogP contribution in [0.3, 0.4) is 0 Å². The molecule has 3 aromatic rings. The Balaban J connectivity index is 1.42. The molecule has 3 atom stereocenters. The predicted octanol–water partition coefficient (Wildman–Crippen LogP) is 3.52. The van der Waals surface area contributed by atoms with Gasteiger partial charge in [-0.05, 0) is 32.3 Å². The monoisotopic (exact) mass is 479 g/mol. The number of nitrogens with one attached hydrogen (secondary N) is 1. The van der Waals surface area contributed by atoms with Crippen LogP contribution in [-0.4, -0.2) is 53.9 Å². The summed E-state index contributed by atoms with van der Waals surface area (Å²) in [6, 6.07) is -0.681. The van der Waals surface area contributed by atoms with Crippen molar-refractivity contribution in [3.63, 3.8) is 0 Å². The minimum absolute atomic E-state index is 0.157. The molecule has 2 aliphatic rings. The molecule has 0 radical (unpaired) electrons. The van der Waals surface area contributed by atoms with Gasteiger partial charge in [0, 0.05) is 24.0 Å². The Kier molecular flexibility index (Phi) is 5.21. The molecule has 5 heterocycles. The van der Waals surface area contributed by atoms with Gasteiger partial charge in [0.25, 0.3) is 5.91 Å². The highest BCUT2D eigenvalue weighted by Gasteiger charge is 2.50. The third-order valence-electron chi connectivity index (χ3n) is 6.25. The van der Waals surface area contributed by atoms with Gasteiger partial charge in [-0.25, -0.2) is 18.7 Å². The van der Waals surface area contributed by atoms with Crippen molar-refractivity contribution < 1.29 is 26.7 Å². The second-order valence-electron chi connectivity index (χ2n) is 8.32. The van der Waals surface area contributed by atoms with E-state index >= 15 is 0 Å². The van der Waals surface area contributed by atoms with Crippen LogP contribution in [0.25, 0.3) is 5.69 Å². The number of carbonyl (C=O) groups is 1. The Hall–Kier alpha value is -3.64. The van der Waals surface area contributed by atoms with E-state index in [0.717, 1.165) is 4.80 Å². The maximum absolute atomic E-state index is 15.0. The average molecular weight is 479 g/mol. The van der Waals surface area contributed by atoms with Crippen molar-refractivity contribution in [3.05, 3.63) is 59.3 Å². The largest absolute Gasteiger partial charge is 0.417 e. The van der Waals surface area contributed by atoms with Gasteiger partial charge >= 0.3 is 6.18 Å². The standard InChI is InChI=1S/C21H18F5N7O/c1-10-8-27-17(18(16(10)23)33-29-4-5-30-33)20(34)32-12-2-3-15(32)14(7-12)31-19-13(22)6-11(9-28-19)21(24,25)26/h4-6,8-9,12,14-15H,2-3,7H2,1H3,(H,28,31). The Morgan fingerprint density at radius 2 is 1.85 bits per heavy atom. The minimum Gasteiger partial charge on any atom is -0.363 e. The lowest BCUT2D eigenvalue weighted by atomic mass is 9.95. The normalized spacial score (nSPS) is 21.8. The number of aromatic nitrogens is 5.